The van der Waals surface area contributed by atoms with Gasteiger partial charge in [0, 0.05) is 13.2 Å². The first-order valence-electron chi connectivity index (χ1n) is 19.0. The summed E-state index contributed by atoms with van der Waals surface area (Å²) in [7, 11) is 0. The van der Waals surface area contributed by atoms with Crippen molar-refractivity contribution in [2.24, 2.45) is 11.8 Å². The first-order valence-corrected chi connectivity index (χ1v) is 19.0. The molecule has 0 aliphatic carbocycles. The van der Waals surface area contributed by atoms with E-state index < -0.39 is 0 Å². The molecule has 0 aliphatic heterocycles. The maximum absolute atomic E-state index is 9.77. The molecule has 0 spiro atoms. The predicted octanol–water partition coefficient (Wildman–Crippen LogP) is 11.1. The third-order valence-corrected chi connectivity index (χ3v) is 8.67. The summed E-state index contributed by atoms with van der Waals surface area (Å²) in [5, 5.41) is 19.5. The number of hydrogen-bond donors (Lipinski definition) is 2. The van der Waals surface area contributed by atoms with Crippen LogP contribution in [0.25, 0.3) is 0 Å². The van der Waals surface area contributed by atoms with Gasteiger partial charge >= 0.3 is 0 Å². The maximum atomic E-state index is 9.77. The molecule has 6 atom stereocenters. The standard InChI is InChI=1S/C38H78O5/c1-7-9-11-13-15-17-19-21-29-41-37(27-23-25-33(3)31-35(5)39)43-38(28-24-26-34(4)32-36(6)40)42-30-22-20-18-16-14-12-10-8-2/h33-40H,7-32H2,1-6H3. The molecular weight excluding hydrogens is 536 g/mol. The summed E-state index contributed by atoms with van der Waals surface area (Å²) in [5.41, 5.74) is 0. The van der Waals surface area contributed by atoms with E-state index in [1.807, 2.05) is 13.8 Å². The second kappa shape index (κ2) is 31.8. The smallest absolute Gasteiger partial charge is 0.160 e. The first-order chi connectivity index (χ1) is 20.8. The zero-order valence-electron chi connectivity index (χ0n) is 30.0. The molecule has 0 aromatic rings. The van der Waals surface area contributed by atoms with Crippen molar-refractivity contribution < 1.29 is 24.4 Å². The molecule has 43 heavy (non-hydrogen) atoms. The van der Waals surface area contributed by atoms with Crippen LogP contribution in [0, 0.1) is 11.8 Å². The summed E-state index contributed by atoms with van der Waals surface area (Å²) in [6.45, 7) is 14.3. The Labute approximate surface area is 269 Å². The minimum Gasteiger partial charge on any atom is -0.393 e. The topological polar surface area (TPSA) is 68.2 Å². The number of ether oxygens (including phenoxy) is 3. The van der Waals surface area contributed by atoms with Crippen molar-refractivity contribution in [3.05, 3.63) is 0 Å². The third-order valence-electron chi connectivity index (χ3n) is 8.67. The van der Waals surface area contributed by atoms with E-state index in [4.69, 9.17) is 14.2 Å². The Morgan fingerprint density at radius 1 is 0.419 bits per heavy atom. The van der Waals surface area contributed by atoms with Crippen molar-refractivity contribution in [2.45, 2.75) is 220 Å². The highest BCUT2D eigenvalue weighted by Crippen LogP contribution is 2.22. The van der Waals surface area contributed by atoms with E-state index in [1.54, 1.807) is 0 Å². The van der Waals surface area contributed by atoms with Crippen molar-refractivity contribution in [1.82, 2.24) is 0 Å². The highest BCUT2D eigenvalue weighted by molar-refractivity contribution is 4.62. The molecule has 0 saturated heterocycles. The molecule has 260 valence electrons. The Bertz CT molecular complexity index is 494. The zero-order valence-corrected chi connectivity index (χ0v) is 30.0. The van der Waals surface area contributed by atoms with E-state index in [2.05, 4.69) is 27.7 Å². The Hall–Kier alpha value is -0.200. The molecule has 5 nitrogen and oxygen atoms in total. The number of unbranched alkanes of at least 4 members (excludes halogenated alkanes) is 14. The minimum absolute atomic E-state index is 0.234. The Balaban J connectivity index is 4.85. The van der Waals surface area contributed by atoms with Gasteiger partial charge in [0.05, 0.1) is 12.2 Å². The fourth-order valence-electron chi connectivity index (χ4n) is 6.12. The van der Waals surface area contributed by atoms with Crippen LogP contribution in [0.4, 0.5) is 0 Å². The van der Waals surface area contributed by atoms with Crippen LogP contribution in [0.3, 0.4) is 0 Å². The largest absolute Gasteiger partial charge is 0.393 e. The molecule has 5 heteroatoms. The molecule has 0 aliphatic rings. The van der Waals surface area contributed by atoms with E-state index in [1.165, 1.54) is 89.9 Å². The molecule has 0 heterocycles. The van der Waals surface area contributed by atoms with Gasteiger partial charge in [-0.05, 0) is 77.0 Å². The number of rotatable bonds is 34. The molecule has 0 fully saturated rings. The van der Waals surface area contributed by atoms with Crippen molar-refractivity contribution in [3.63, 3.8) is 0 Å². The second-order valence-corrected chi connectivity index (χ2v) is 13.9. The van der Waals surface area contributed by atoms with Crippen LogP contribution in [0.5, 0.6) is 0 Å². The number of aliphatic hydroxyl groups is 2. The van der Waals surface area contributed by atoms with Gasteiger partial charge < -0.3 is 24.4 Å². The van der Waals surface area contributed by atoms with Gasteiger partial charge in [-0.2, -0.15) is 0 Å². The van der Waals surface area contributed by atoms with Crippen molar-refractivity contribution in [2.75, 3.05) is 13.2 Å². The number of hydrogen-bond acceptors (Lipinski definition) is 5. The average Bonchev–Trinajstić information content (AvgIpc) is 2.94. The lowest BCUT2D eigenvalue weighted by atomic mass is 9.97. The fraction of sp³-hybridized carbons (Fsp3) is 1.00. The van der Waals surface area contributed by atoms with E-state index >= 15 is 0 Å². The molecule has 0 aromatic carbocycles. The van der Waals surface area contributed by atoms with Crippen molar-refractivity contribution in [1.29, 1.82) is 0 Å². The first kappa shape index (κ1) is 42.8. The summed E-state index contributed by atoms with van der Waals surface area (Å²) in [6, 6.07) is 0. The molecule has 0 aromatic heterocycles. The van der Waals surface area contributed by atoms with Crippen LogP contribution in [0.15, 0.2) is 0 Å². The summed E-state index contributed by atoms with van der Waals surface area (Å²) in [4.78, 5) is 0. The van der Waals surface area contributed by atoms with Crippen LogP contribution >= 0.6 is 0 Å². The van der Waals surface area contributed by atoms with Gasteiger partial charge in [-0.1, -0.05) is 130 Å². The molecule has 6 unspecified atom stereocenters. The Morgan fingerprint density at radius 3 is 1.07 bits per heavy atom. The molecule has 2 N–H and O–H groups in total. The van der Waals surface area contributed by atoms with Crippen LogP contribution in [0.2, 0.25) is 0 Å². The monoisotopic (exact) mass is 615 g/mol. The van der Waals surface area contributed by atoms with Crippen LogP contribution in [-0.4, -0.2) is 48.2 Å². The fourth-order valence-corrected chi connectivity index (χ4v) is 6.12. The quantitative estimate of drug-likeness (QED) is 0.0557. The highest BCUT2D eigenvalue weighted by atomic mass is 16.8. The maximum Gasteiger partial charge on any atom is 0.160 e. The normalized spacial score (nSPS) is 16.2. The summed E-state index contributed by atoms with van der Waals surface area (Å²) < 4.78 is 19.3. The SMILES string of the molecule is CCCCCCCCCCOC(CCCC(C)CC(C)O)OC(CCCC(C)CC(C)O)OCCCCCCCCCC. The molecule has 0 bridgehead atoms. The van der Waals surface area contributed by atoms with Crippen LogP contribution in [0.1, 0.15) is 196 Å². The minimum atomic E-state index is -0.245. The van der Waals surface area contributed by atoms with Crippen LogP contribution in [-0.2, 0) is 14.2 Å². The highest BCUT2D eigenvalue weighted by Gasteiger charge is 2.19. The van der Waals surface area contributed by atoms with E-state index in [0.29, 0.717) is 11.8 Å². The lowest BCUT2D eigenvalue weighted by Gasteiger charge is -2.26. The Morgan fingerprint density at radius 2 is 0.744 bits per heavy atom. The summed E-state index contributed by atoms with van der Waals surface area (Å²) >= 11 is 0. The van der Waals surface area contributed by atoms with Gasteiger partial charge in [0.2, 0.25) is 0 Å². The lowest BCUT2D eigenvalue weighted by molar-refractivity contribution is -0.250. The molecule has 0 rings (SSSR count). The van der Waals surface area contributed by atoms with Gasteiger partial charge in [0.15, 0.2) is 12.6 Å². The van der Waals surface area contributed by atoms with Gasteiger partial charge in [-0.15, -0.1) is 0 Å². The van der Waals surface area contributed by atoms with Crippen LogP contribution < -0.4 is 0 Å². The van der Waals surface area contributed by atoms with Gasteiger partial charge in [-0.25, -0.2) is 0 Å². The average molecular weight is 615 g/mol. The predicted molar refractivity (Wildman–Crippen MR) is 184 cm³/mol. The zero-order chi connectivity index (χ0) is 32.0. The summed E-state index contributed by atoms with van der Waals surface area (Å²) in [5.74, 6) is 0.996. The molecule has 0 saturated carbocycles. The van der Waals surface area contributed by atoms with Gasteiger partial charge in [0.1, 0.15) is 0 Å². The molecule has 0 radical (unpaired) electrons. The van der Waals surface area contributed by atoms with Gasteiger partial charge in [-0.3, -0.25) is 0 Å². The molecule has 0 amide bonds. The number of aliphatic hydroxyl groups excluding tert-OH is 2. The second-order valence-electron chi connectivity index (χ2n) is 13.9. The molecular formula is C38H78O5. The summed E-state index contributed by atoms with van der Waals surface area (Å²) in [6.07, 6.45) is 27.4. The van der Waals surface area contributed by atoms with Crippen molar-refractivity contribution in [3.8, 4) is 0 Å². The lowest BCUT2D eigenvalue weighted by Crippen LogP contribution is -2.28. The van der Waals surface area contributed by atoms with E-state index in [9.17, 15) is 10.2 Å². The van der Waals surface area contributed by atoms with Gasteiger partial charge in [0.25, 0.3) is 0 Å². The Kier molecular flexibility index (Phi) is 31.6. The third kappa shape index (κ3) is 31.6. The van der Waals surface area contributed by atoms with Crippen molar-refractivity contribution >= 4 is 0 Å². The van der Waals surface area contributed by atoms with E-state index in [-0.39, 0.29) is 24.8 Å². The van der Waals surface area contributed by atoms with E-state index in [0.717, 1.165) is 77.4 Å².